The van der Waals surface area contributed by atoms with Crippen LogP contribution in [0.2, 0.25) is 0 Å². The lowest BCUT2D eigenvalue weighted by Gasteiger charge is -2.38. The van der Waals surface area contributed by atoms with E-state index in [1.165, 1.54) is 0 Å². The highest BCUT2D eigenvalue weighted by molar-refractivity contribution is 4.85. The first-order valence-electron chi connectivity index (χ1n) is 4.40. The van der Waals surface area contributed by atoms with Crippen LogP contribution in [0.15, 0.2) is 0 Å². The maximum Gasteiger partial charge on any atom is 0.0698 e. The average Bonchev–Trinajstić information content (AvgIpc) is 1.86. The molecule has 1 aliphatic rings. The first-order chi connectivity index (χ1) is 5.02. The van der Waals surface area contributed by atoms with Crippen molar-refractivity contribution in [2.45, 2.75) is 33.3 Å². The third-order valence-electron chi connectivity index (χ3n) is 2.56. The third kappa shape index (κ3) is 2.17. The Bertz CT molecular complexity index is 128. The van der Waals surface area contributed by atoms with Gasteiger partial charge in [0.05, 0.1) is 6.10 Å². The van der Waals surface area contributed by atoms with Gasteiger partial charge in [-0.05, 0) is 24.3 Å². The minimum absolute atomic E-state index is 0.149. The summed E-state index contributed by atoms with van der Waals surface area (Å²) < 4.78 is 0. The minimum atomic E-state index is -0.149. The summed E-state index contributed by atoms with van der Waals surface area (Å²) in [5.41, 5.74) is 0.252. The Morgan fingerprint density at radius 1 is 1.36 bits per heavy atom. The van der Waals surface area contributed by atoms with E-state index in [1.54, 1.807) is 0 Å². The molecule has 1 fully saturated rings. The Labute approximate surface area is 69.0 Å². The SMILES string of the molecule is CC(C)(C)[C@H]1CCNC[C@H]1O. The van der Waals surface area contributed by atoms with Gasteiger partial charge in [-0.2, -0.15) is 0 Å². The highest BCUT2D eigenvalue weighted by atomic mass is 16.3. The van der Waals surface area contributed by atoms with Gasteiger partial charge < -0.3 is 10.4 Å². The van der Waals surface area contributed by atoms with E-state index < -0.39 is 0 Å². The fourth-order valence-electron chi connectivity index (χ4n) is 1.85. The highest BCUT2D eigenvalue weighted by Crippen LogP contribution is 2.32. The maximum atomic E-state index is 9.64. The van der Waals surface area contributed by atoms with Crippen molar-refractivity contribution in [1.29, 1.82) is 0 Å². The molecule has 0 saturated carbocycles. The molecule has 1 heterocycles. The van der Waals surface area contributed by atoms with E-state index in [1.807, 2.05) is 0 Å². The second kappa shape index (κ2) is 3.11. The molecule has 1 aliphatic heterocycles. The molecule has 0 amide bonds. The normalized spacial score (nSPS) is 33.8. The molecular formula is C9H19NO. The van der Waals surface area contributed by atoms with Crippen molar-refractivity contribution in [3.8, 4) is 0 Å². The quantitative estimate of drug-likeness (QED) is 0.550. The molecule has 1 rings (SSSR count). The summed E-state index contributed by atoms with van der Waals surface area (Å²) in [5, 5.41) is 12.8. The molecule has 0 aromatic heterocycles. The molecule has 2 atom stereocenters. The Morgan fingerprint density at radius 3 is 2.36 bits per heavy atom. The van der Waals surface area contributed by atoms with Crippen LogP contribution >= 0.6 is 0 Å². The van der Waals surface area contributed by atoms with Crippen LogP contribution < -0.4 is 5.32 Å². The molecule has 2 nitrogen and oxygen atoms in total. The summed E-state index contributed by atoms with van der Waals surface area (Å²) in [6, 6.07) is 0. The van der Waals surface area contributed by atoms with Crippen molar-refractivity contribution in [3.63, 3.8) is 0 Å². The van der Waals surface area contributed by atoms with Crippen molar-refractivity contribution in [2.24, 2.45) is 11.3 Å². The molecule has 0 aromatic rings. The van der Waals surface area contributed by atoms with Gasteiger partial charge in [-0.25, -0.2) is 0 Å². The predicted molar refractivity (Wildman–Crippen MR) is 46.4 cm³/mol. The average molecular weight is 157 g/mol. The van der Waals surface area contributed by atoms with Gasteiger partial charge >= 0.3 is 0 Å². The fourth-order valence-corrected chi connectivity index (χ4v) is 1.85. The number of hydrogen-bond acceptors (Lipinski definition) is 2. The molecule has 0 aromatic carbocycles. The van der Waals surface area contributed by atoms with Crippen molar-refractivity contribution in [2.75, 3.05) is 13.1 Å². The molecular weight excluding hydrogens is 138 g/mol. The maximum absolute atomic E-state index is 9.64. The van der Waals surface area contributed by atoms with E-state index in [4.69, 9.17) is 0 Å². The van der Waals surface area contributed by atoms with Crippen LogP contribution in [-0.2, 0) is 0 Å². The largest absolute Gasteiger partial charge is 0.391 e. The van der Waals surface area contributed by atoms with Crippen LogP contribution in [0.1, 0.15) is 27.2 Å². The smallest absolute Gasteiger partial charge is 0.0698 e. The summed E-state index contributed by atoms with van der Waals surface area (Å²) in [5.74, 6) is 0.462. The van der Waals surface area contributed by atoms with Crippen molar-refractivity contribution in [1.82, 2.24) is 5.32 Å². The van der Waals surface area contributed by atoms with Gasteiger partial charge in [-0.3, -0.25) is 0 Å². The number of aliphatic hydroxyl groups excluding tert-OH is 1. The Balaban J connectivity index is 2.55. The summed E-state index contributed by atoms with van der Waals surface area (Å²) in [4.78, 5) is 0. The van der Waals surface area contributed by atoms with Crippen molar-refractivity contribution < 1.29 is 5.11 Å². The Kier molecular flexibility index (Phi) is 2.55. The molecule has 0 bridgehead atoms. The topological polar surface area (TPSA) is 32.3 Å². The van der Waals surface area contributed by atoms with Gasteiger partial charge in [0.2, 0.25) is 0 Å². The first-order valence-corrected chi connectivity index (χ1v) is 4.40. The van der Waals surface area contributed by atoms with Gasteiger partial charge in [0.25, 0.3) is 0 Å². The zero-order valence-electron chi connectivity index (χ0n) is 7.72. The van der Waals surface area contributed by atoms with E-state index in [0.717, 1.165) is 19.5 Å². The number of hydrogen-bond donors (Lipinski definition) is 2. The lowest BCUT2D eigenvalue weighted by Crippen LogP contribution is -2.45. The minimum Gasteiger partial charge on any atom is -0.391 e. The summed E-state index contributed by atoms with van der Waals surface area (Å²) >= 11 is 0. The molecule has 0 spiro atoms. The second-order valence-electron chi connectivity index (χ2n) is 4.53. The van der Waals surface area contributed by atoms with Gasteiger partial charge in [0.15, 0.2) is 0 Å². The van der Waals surface area contributed by atoms with Crippen LogP contribution in [0, 0.1) is 11.3 Å². The molecule has 0 unspecified atom stereocenters. The van der Waals surface area contributed by atoms with E-state index in [0.29, 0.717) is 5.92 Å². The van der Waals surface area contributed by atoms with E-state index in [9.17, 15) is 5.11 Å². The van der Waals surface area contributed by atoms with Crippen molar-refractivity contribution >= 4 is 0 Å². The zero-order chi connectivity index (χ0) is 8.48. The predicted octanol–water partition coefficient (Wildman–Crippen LogP) is 1.00. The zero-order valence-corrected chi connectivity index (χ0v) is 7.72. The molecule has 0 radical (unpaired) electrons. The van der Waals surface area contributed by atoms with Crippen LogP contribution in [0.5, 0.6) is 0 Å². The van der Waals surface area contributed by atoms with E-state index in [-0.39, 0.29) is 11.5 Å². The van der Waals surface area contributed by atoms with Gasteiger partial charge in [0.1, 0.15) is 0 Å². The molecule has 2 heteroatoms. The van der Waals surface area contributed by atoms with Crippen LogP contribution in [-0.4, -0.2) is 24.3 Å². The molecule has 66 valence electrons. The molecule has 2 N–H and O–H groups in total. The highest BCUT2D eigenvalue weighted by Gasteiger charge is 2.32. The van der Waals surface area contributed by atoms with Gasteiger partial charge in [-0.1, -0.05) is 20.8 Å². The molecule has 11 heavy (non-hydrogen) atoms. The van der Waals surface area contributed by atoms with Gasteiger partial charge in [-0.15, -0.1) is 0 Å². The molecule has 1 saturated heterocycles. The summed E-state index contributed by atoms with van der Waals surface area (Å²) in [6.07, 6.45) is 0.953. The number of rotatable bonds is 0. The van der Waals surface area contributed by atoms with Crippen LogP contribution in [0.3, 0.4) is 0 Å². The first kappa shape index (κ1) is 9.01. The van der Waals surface area contributed by atoms with E-state index >= 15 is 0 Å². The van der Waals surface area contributed by atoms with Crippen molar-refractivity contribution in [3.05, 3.63) is 0 Å². The Hall–Kier alpha value is -0.0800. The summed E-state index contributed by atoms with van der Waals surface area (Å²) in [7, 11) is 0. The lowest BCUT2D eigenvalue weighted by molar-refractivity contribution is 0.0206. The third-order valence-corrected chi connectivity index (χ3v) is 2.56. The van der Waals surface area contributed by atoms with Crippen LogP contribution in [0.25, 0.3) is 0 Å². The number of piperidine rings is 1. The fraction of sp³-hybridized carbons (Fsp3) is 1.00. The standard InChI is InChI=1S/C9H19NO/c1-9(2,3)7-4-5-10-6-8(7)11/h7-8,10-11H,4-6H2,1-3H3/t7-,8+/m0/s1. The lowest BCUT2D eigenvalue weighted by atomic mass is 9.74. The number of β-amino-alcohol motifs (C(OH)–C–C–N with tert-alkyl or cyclic N) is 1. The monoisotopic (exact) mass is 157 g/mol. The summed E-state index contributed by atoms with van der Waals surface area (Å²) in [6.45, 7) is 8.42. The Morgan fingerprint density at radius 2 is 2.00 bits per heavy atom. The molecule has 0 aliphatic carbocycles. The number of aliphatic hydroxyl groups is 1. The number of nitrogens with one attached hydrogen (secondary N) is 1. The van der Waals surface area contributed by atoms with Gasteiger partial charge in [0, 0.05) is 6.54 Å². The van der Waals surface area contributed by atoms with E-state index in [2.05, 4.69) is 26.1 Å². The van der Waals surface area contributed by atoms with Crippen LogP contribution in [0.4, 0.5) is 0 Å². The second-order valence-corrected chi connectivity index (χ2v) is 4.53.